The monoisotopic (exact) mass is 282 g/mol. The van der Waals surface area contributed by atoms with Gasteiger partial charge >= 0.3 is 5.97 Å². The number of carbonyl (C=O) groups is 1. The van der Waals surface area contributed by atoms with E-state index in [4.69, 9.17) is 4.74 Å². The van der Waals surface area contributed by atoms with Crippen LogP contribution < -0.4 is 0 Å². The Labute approximate surface area is 87.2 Å². The van der Waals surface area contributed by atoms with Gasteiger partial charge in [-0.2, -0.15) is 0 Å². The third-order valence-electron chi connectivity index (χ3n) is 2.91. The molecule has 0 aliphatic carbocycles. The second kappa shape index (κ2) is 3.94. The van der Waals surface area contributed by atoms with E-state index in [1.165, 1.54) is 0 Å². The van der Waals surface area contributed by atoms with Crippen molar-refractivity contribution >= 4 is 28.6 Å². The molecule has 1 heterocycles. The molecule has 1 fully saturated rings. The van der Waals surface area contributed by atoms with Crippen molar-refractivity contribution in [2.75, 3.05) is 4.43 Å². The third kappa shape index (κ3) is 1.75. The van der Waals surface area contributed by atoms with Gasteiger partial charge in [-0.15, -0.1) is 0 Å². The highest BCUT2D eigenvalue weighted by Crippen LogP contribution is 2.32. The number of carbonyl (C=O) groups excluding carboxylic acids is 1. The van der Waals surface area contributed by atoms with E-state index in [9.17, 15) is 4.79 Å². The van der Waals surface area contributed by atoms with Gasteiger partial charge in [-0.25, -0.2) is 0 Å². The highest BCUT2D eigenvalue weighted by Gasteiger charge is 2.38. The van der Waals surface area contributed by atoms with Crippen LogP contribution >= 0.6 is 22.6 Å². The molecule has 0 aromatic carbocycles. The molecule has 1 aliphatic rings. The minimum atomic E-state index is -0.0257. The maximum absolute atomic E-state index is 11.3. The lowest BCUT2D eigenvalue weighted by molar-refractivity contribution is -0.167. The number of halogens is 1. The van der Waals surface area contributed by atoms with Crippen LogP contribution in [0, 0.1) is 17.8 Å². The minimum Gasteiger partial charge on any atom is -0.462 e. The predicted molar refractivity (Wildman–Crippen MR) is 56.3 cm³/mol. The molecule has 0 bridgehead atoms. The summed E-state index contributed by atoms with van der Waals surface area (Å²) in [5.74, 6) is 1.03. The molecule has 0 spiro atoms. The van der Waals surface area contributed by atoms with Crippen molar-refractivity contribution in [3.63, 3.8) is 0 Å². The van der Waals surface area contributed by atoms with Gasteiger partial charge in [0, 0.05) is 4.43 Å². The Morgan fingerprint density at radius 2 is 2.00 bits per heavy atom. The Hall–Kier alpha value is 0.200. The van der Waals surface area contributed by atoms with Crippen molar-refractivity contribution < 1.29 is 9.53 Å². The van der Waals surface area contributed by atoms with Crippen molar-refractivity contribution in [2.45, 2.75) is 26.9 Å². The van der Waals surface area contributed by atoms with E-state index in [0.717, 1.165) is 4.43 Å². The number of alkyl halides is 1. The first-order chi connectivity index (χ1) is 5.57. The van der Waals surface area contributed by atoms with Gasteiger partial charge in [-0.05, 0) is 18.8 Å². The predicted octanol–water partition coefficient (Wildman–Crippen LogP) is 2.26. The Balaban J connectivity index is 2.73. The van der Waals surface area contributed by atoms with Gasteiger partial charge in [-0.1, -0.05) is 36.4 Å². The number of hydrogen-bond acceptors (Lipinski definition) is 2. The van der Waals surface area contributed by atoms with E-state index < -0.39 is 0 Å². The fourth-order valence-electron chi connectivity index (χ4n) is 1.65. The van der Waals surface area contributed by atoms with Crippen LogP contribution in [0.15, 0.2) is 0 Å². The molecule has 1 rings (SSSR count). The Kier molecular flexibility index (Phi) is 3.37. The van der Waals surface area contributed by atoms with Crippen LogP contribution in [0.4, 0.5) is 0 Å². The summed E-state index contributed by atoms with van der Waals surface area (Å²) in [7, 11) is 0. The summed E-state index contributed by atoms with van der Waals surface area (Å²) in [4.78, 5) is 11.3. The van der Waals surface area contributed by atoms with E-state index in [0.29, 0.717) is 11.8 Å². The summed E-state index contributed by atoms with van der Waals surface area (Å²) in [6.45, 7) is 6.11. The molecule has 4 atom stereocenters. The fraction of sp³-hybridized carbons (Fsp3) is 0.889. The summed E-state index contributed by atoms with van der Waals surface area (Å²) in [5.41, 5.74) is 0. The third-order valence-corrected chi connectivity index (χ3v) is 3.93. The highest BCUT2D eigenvalue weighted by atomic mass is 127. The van der Waals surface area contributed by atoms with Crippen molar-refractivity contribution in [1.29, 1.82) is 0 Å². The molecule has 3 heteroatoms. The Morgan fingerprint density at radius 1 is 1.42 bits per heavy atom. The fourth-order valence-corrected chi connectivity index (χ4v) is 3.22. The Morgan fingerprint density at radius 3 is 2.50 bits per heavy atom. The van der Waals surface area contributed by atoms with E-state index in [2.05, 4.69) is 29.5 Å². The zero-order valence-electron chi connectivity index (χ0n) is 7.71. The molecule has 0 saturated carbocycles. The molecule has 0 radical (unpaired) electrons. The summed E-state index contributed by atoms with van der Waals surface area (Å²) >= 11 is 2.35. The molecule has 12 heavy (non-hydrogen) atoms. The van der Waals surface area contributed by atoms with Crippen LogP contribution in [-0.4, -0.2) is 16.5 Å². The van der Waals surface area contributed by atoms with E-state index >= 15 is 0 Å². The van der Waals surface area contributed by atoms with Crippen LogP contribution in [0.25, 0.3) is 0 Å². The number of ether oxygens (including phenoxy) is 1. The van der Waals surface area contributed by atoms with Gasteiger partial charge in [0.05, 0.1) is 5.92 Å². The van der Waals surface area contributed by atoms with Crippen molar-refractivity contribution in [1.82, 2.24) is 0 Å². The smallest absolute Gasteiger partial charge is 0.309 e. The van der Waals surface area contributed by atoms with Crippen LogP contribution in [0.5, 0.6) is 0 Å². The second-order valence-corrected chi connectivity index (χ2v) is 4.49. The van der Waals surface area contributed by atoms with E-state index in [-0.39, 0.29) is 18.0 Å². The molecule has 0 amide bonds. The van der Waals surface area contributed by atoms with Crippen molar-refractivity contribution in [3.05, 3.63) is 0 Å². The molecule has 70 valence electrons. The minimum absolute atomic E-state index is 0.0257. The summed E-state index contributed by atoms with van der Waals surface area (Å²) in [5, 5.41) is 0. The average Bonchev–Trinajstić information content (AvgIpc) is 2.02. The lowest BCUT2D eigenvalue weighted by Crippen LogP contribution is -2.42. The van der Waals surface area contributed by atoms with Crippen molar-refractivity contribution in [2.24, 2.45) is 17.8 Å². The molecule has 0 N–H and O–H groups in total. The Bertz CT molecular complexity index is 181. The second-order valence-electron chi connectivity index (χ2n) is 3.61. The van der Waals surface area contributed by atoms with Crippen LogP contribution in [0.1, 0.15) is 20.8 Å². The maximum Gasteiger partial charge on any atom is 0.309 e. The zero-order valence-corrected chi connectivity index (χ0v) is 9.87. The number of hydrogen-bond donors (Lipinski definition) is 0. The summed E-state index contributed by atoms with van der Waals surface area (Å²) in [6, 6.07) is 0. The van der Waals surface area contributed by atoms with E-state index in [1.54, 1.807) is 0 Å². The molecular weight excluding hydrogens is 267 g/mol. The SMILES string of the molecule is CC1OC(=O)C(C)C(CI)C1C. The quantitative estimate of drug-likeness (QED) is 0.419. The van der Waals surface area contributed by atoms with Gasteiger partial charge in [0.2, 0.25) is 0 Å². The highest BCUT2D eigenvalue weighted by molar-refractivity contribution is 14.1. The normalized spacial score (nSPS) is 42.5. The molecule has 2 nitrogen and oxygen atoms in total. The molecule has 4 unspecified atom stereocenters. The molecule has 0 aromatic rings. The molecule has 1 aliphatic heterocycles. The van der Waals surface area contributed by atoms with Gasteiger partial charge in [0.15, 0.2) is 0 Å². The van der Waals surface area contributed by atoms with Crippen molar-refractivity contribution in [3.8, 4) is 0 Å². The average molecular weight is 282 g/mol. The van der Waals surface area contributed by atoms with Gasteiger partial charge in [0.1, 0.15) is 6.10 Å². The van der Waals surface area contributed by atoms with E-state index in [1.807, 2.05) is 13.8 Å². The van der Waals surface area contributed by atoms with Crippen LogP contribution in [0.3, 0.4) is 0 Å². The topological polar surface area (TPSA) is 26.3 Å². The first-order valence-electron chi connectivity index (χ1n) is 4.34. The molecule has 0 aromatic heterocycles. The van der Waals surface area contributed by atoms with Gasteiger partial charge in [0.25, 0.3) is 0 Å². The lowest BCUT2D eigenvalue weighted by atomic mass is 9.80. The number of cyclic esters (lactones) is 1. The van der Waals surface area contributed by atoms with Gasteiger partial charge < -0.3 is 4.74 Å². The standard InChI is InChI=1S/C9H15IO2/c1-5-7(3)12-9(11)6(2)8(5)4-10/h5-8H,4H2,1-3H3. The van der Waals surface area contributed by atoms with Gasteiger partial charge in [-0.3, -0.25) is 4.79 Å². The summed E-state index contributed by atoms with van der Waals surface area (Å²) < 4.78 is 6.24. The van der Waals surface area contributed by atoms with Crippen LogP contribution in [0.2, 0.25) is 0 Å². The zero-order chi connectivity index (χ0) is 9.30. The number of rotatable bonds is 1. The first-order valence-corrected chi connectivity index (χ1v) is 5.87. The summed E-state index contributed by atoms with van der Waals surface area (Å²) in [6.07, 6.45) is 0.0912. The maximum atomic E-state index is 11.3. The first kappa shape index (κ1) is 10.3. The number of esters is 1. The largest absolute Gasteiger partial charge is 0.462 e. The molecule has 1 saturated heterocycles. The van der Waals surface area contributed by atoms with Crippen LogP contribution in [-0.2, 0) is 9.53 Å². The molecular formula is C9H15IO2. The lowest BCUT2D eigenvalue weighted by Gasteiger charge is -2.36.